The molecule has 0 aromatic heterocycles. The average molecular weight is 236 g/mol. The smallest absolute Gasteiger partial charge is 0.123 e. The fraction of sp³-hybridized carbons (Fsp3) is 0.429. The Kier molecular flexibility index (Phi) is 5.04. The van der Waals surface area contributed by atoms with Gasteiger partial charge in [0.25, 0.3) is 0 Å². The van der Waals surface area contributed by atoms with Crippen LogP contribution in [0.3, 0.4) is 0 Å². The molecule has 0 aliphatic rings. The lowest BCUT2D eigenvalue weighted by Gasteiger charge is -2.18. The van der Waals surface area contributed by atoms with Gasteiger partial charge < -0.3 is 14.6 Å². The van der Waals surface area contributed by atoms with E-state index in [9.17, 15) is 0 Å². The summed E-state index contributed by atoms with van der Waals surface area (Å²) in [6.07, 6.45) is 2.45. The van der Waals surface area contributed by atoms with Crippen molar-refractivity contribution in [1.82, 2.24) is 0 Å². The zero-order valence-corrected chi connectivity index (χ0v) is 10.7. The summed E-state index contributed by atoms with van der Waals surface area (Å²) in [6, 6.07) is 3.90. The summed E-state index contributed by atoms with van der Waals surface area (Å²) in [7, 11) is 3.29. The molecular weight excluding hydrogens is 216 g/mol. The lowest BCUT2D eigenvalue weighted by Crippen LogP contribution is -2.03. The number of aliphatic hydroxyl groups is 1. The standard InChI is InChI=1S/C14H20O3/c1-5-11(6-7-15)12-9-13(16-3)10(2)8-14(12)17-4/h5,8-9,11,15H,1,6-7H2,2-4H3. The third-order valence-corrected chi connectivity index (χ3v) is 2.87. The molecule has 3 heteroatoms. The van der Waals surface area contributed by atoms with E-state index in [4.69, 9.17) is 14.6 Å². The van der Waals surface area contributed by atoms with Gasteiger partial charge in [-0.2, -0.15) is 0 Å². The lowest BCUT2D eigenvalue weighted by molar-refractivity contribution is 0.281. The van der Waals surface area contributed by atoms with Crippen molar-refractivity contribution in [3.63, 3.8) is 0 Å². The maximum absolute atomic E-state index is 9.05. The molecule has 0 spiro atoms. The zero-order valence-electron chi connectivity index (χ0n) is 10.7. The summed E-state index contributed by atoms with van der Waals surface area (Å²) >= 11 is 0. The molecule has 1 N–H and O–H groups in total. The number of allylic oxidation sites excluding steroid dienone is 1. The Morgan fingerprint density at radius 2 is 1.94 bits per heavy atom. The van der Waals surface area contributed by atoms with Crippen LogP contribution >= 0.6 is 0 Å². The quantitative estimate of drug-likeness (QED) is 0.772. The molecule has 0 bridgehead atoms. The highest BCUT2D eigenvalue weighted by Gasteiger charge is 2.15. The average Bonchev–Trinajstić information content (AvgIpc) is 2.35. The van der Waals surface area contributed by atoms with Crippen LogP contribution in [-0.2, 0) is 0 Å². The van der Waals surface area contributed by atoms with Crippen molar-refractivity contribution in [1.29, 1.82) is 0 Å². The summed E-state index contributed by atoms with van der Waals surface area (Å²) in [5, 5.41) is 9.05. The highest BCUT2D eigenvalue weighted by Crippen LogP contribution is 2.35. The summed E-state index contributed by atoms with van der Waals surface area (Å²) in [5.41, 5.74) is 2.03. The Morgan fingerprint density at radius 3 is 2.41 bits per heavy atom. The fourth-order valence-electron chi connectivity index (χ4n) is 1.90. The van der Waals surface area contributed by atoms with Crippen molar-refractivity contribution in [3.8, 4) is 11.5 Å². The molecule has 0 heterocycles. The van der Waals surface area contributed by atoms with Crippen molar-refractivity contribution in [3.05, 3.63) is 35.9 Å². The third-order valence-electron chi connectivity index (χ3n) is 2.87. The Balaban J connectivity index is 3.23. The van der Waals surface area contributed by atoms with Gasteiger partial charge in [-0.15, -0.1) is 6.58 Å². The minimum absolute atomic E-state index is 0.0736. The van der Waals surface area contributed by atoms with Gasteiger partial charge >= 0.3 is 0 Å². The van der Waals surface area contributed by atoms with Gasteiger partial charge in [0.05, 0.1) is 14.2 Å². The number of methoxy groups -OCH3 is 2. The highest BCUT2D eigenvalue weighted by molar-refractivity contribution is 5.48. The van der Waals surface area contributed by atoms with Crippen LogP contribution in [0.5, 0.6) is 11.5 Å². The van der Waals surface area contributed by atoms with Crippen LogP contribution in [0.2, 0.25) is 0 Å². The molecule has 0 aliphatic heterocycles. The monoisotopic (exact) mass is 236 g/mol. The van der Waals surface area contributed by atoms with Gasteiger partial charge in [-0.1, -0.05) is 6.08 Å². The summed E-state index contributed by atoms with van der Waals surface area (Å²) in [5.74, 6) is 1.71. The molecule has 94 valence electrons. The van der Waals surface area contributed by atoms with Crippen molar-refractivity contribution < 1.29 is 14.6 Å². The number of hydrogen-bond acceptors (Lipinski definition) is 3. The highest BCUT2D eigenvalue weighted by atomic mass is 16.5. The van der Waals surface area contributed by atoms with Gasteiger partial charge in [-0.3, -0.25) is 0 Å². The zero-order chi connectivity index (χ0) is 12.8. The van der Waals surface area contributed by atoms with E-state index in [0.29, 0.717) is 6.42 Å². The molecular formula is C14H20O3. The predicted octanol–water partition coefficient (Wildman–Crippen LogP) is 2.66. The van der Waals surface area contributed by atoms with Crippen LogP contribution in [0.1, 0.15) is 23.5 Å². The second kappa shape index (κ2) is 6.30. The van der Waals surface area contributed by atoms with Gasteiger partial charge in [0.15, 0.2) is 0 Å². The molecule has 3 nitrogen and oxygen atoms in total. The lowest BCUT2D eigenvalue weighted by atomic mass is 9.94. The van der Waals surface area contributed by atoms with Crippen molar-refractivity contribution >= 4 is 0 Å². The molecule has 1 rings (SSSR count). The fourth-order valence-corrected chi connectivity index (χ4v) is 1.90. The molecule has 0 saturated heterocycles. The van der Waals surface area contributed by atoms with E-state index in [1.54, 1.807) is 14.2 Å². The molecule has 0 aliphatic carbocycles. The van der Waals surface area contributed by atoms with E-state index >= 15 is 0 Å². The van der Waals surface area contributed by atoms with E-state index in [1.807, 2.05) is 25.1 Å². The molecule has 1 aromatic carbocycles. The van der Waals surface area contributed by atoms with E-state index in [0.717, 1.165) is 22.6 Å². The van der Waals surface area contributed by atoms with Crippen molar-refractivity contribution in [2.24, 2.45) is 0 Å². The Labute approximate surface area is 103 Å². The van der Waals surface area contributed by atoms with Crippen LogP contribution in [0, 0.1) is 6.92 Å². The first-order chi connectivity index (χ1) is 8.17. The van der Waals surface area contributed by atoms with Crippen LogP contribution < -0.4 is 9.47 Å². The SMILES string of the molecule is C=CC(CCO)c1cc(OC)c(C)cc1OC. The number of hydrogen-bond donors (Lipinski definition) is 1. The number of ether oxygens (including phenoxy) is 2. The van der Waals surface area contributed by atoms with Gasteiger partial charge in [0.2, 0.25) is 0 Å². The maximum atomic E-state index is 9.05. The van der Waals surface area contributed by atoms with Crippen LogP contribution in [-0.4, -0.2) is 25.9 Å². The maximum Gasteiger partial charge on any atom is 0.123 e. The first-order valence-electron chi connectivity index (χ1n) is 5.63. The second-order valence-electron chi connectivity index (χ2n) is 3.92. The molecule has 1 aromatic rings. The van der Waals surface area contributed by atoms with Gasteiger partial charge in [-0.05, 0) is 31.0 Å². The molecule has 17 heavy (non-hydrogen) atoms. The molecule has 1 unspecified atom stereocenters. The van der Waals surface area contributed by atoms with Gasteiger partial charge in [0.1, 0.15) is 11.5 Å². The Hall–Kier alpha value is -1.48. The van der Waals surface area contributed by atoms with Gasteiger partial charge in [0, 0.05) is 18.1 Å². The normalized spacial score (nSPS) is 12.0. The van der Waals surface area contributed by atoms with Crippen LogP contribution in [0.15, 0.2) is 24.8 Å². The van der Waals surface area contributed by atoms with Gasteiger partial charge in [-0.25, -0.2) is 0 Å². The minimum Gasteiger partial charge on any atom is -0.496 e. The molecule has 0 saturated carbocycles. The number of benzene rings is 1. The van der Waals surface area contributed by atoms with E-state index in [-0.39, 0.29) is 12.5 Å². The van der Waals surface area contributed by atoms with Crippen molar-refractivity contribution in [2.75, 3.05) is 20.8 Å². The molecule has 0 amide bonds. The summed E-state index contributed by atoms with van der Waals surface area (Å²) < 4.78 is 10.7. The number of aliphatic hydroxyl groups excluding tert-OH is 1. The van der Waals surface area contributed by atoms with Crippen LogP contribution in [0.4, 0.5) is 0 Å². The molecule has 0 fully saturated rings. The van der Waals surface area contributed by atoms with E-state index in [2.05, 4.69) is 6.58 Å². The van der Waals surface area contributed by atoms with E-state index in [1.165, 1.54) is 0 Å². The number of aryl methyl sites for hydroxylation is 1. The van der Waals surface area contributed by atoms with Crippen molar-refractivity contribution in [2.45, 2.75) is 19.3 Å². The third kappa shape index (κ3) is 3.01. The summed E-state index contributed by atoms with van der Waals surface area (Å²) in [6.45, 7) is 5.90. The largest absolute Gasteiger partial charge is 0.496 e. The van der Waals surface area contributed by atoms with Crippen LogP contribution in [0.25, 0.3) is 0 Å². The first-order valence-corrected chi connectivity index (χ1v) is 5.63. The molecule has 0 radical (unpaired) electrons. The predicted molar refractivity (Wildman–Crippen MR) is 68.9 cm³/mol. The van der Waals surface area contributed by atoms with E-state index < -0.39 is 0 Å². The Bertz CT molecular complexity index is 385. The minimum atomic E-state index is 0.0736. The second-order valence-corrected chi connectivity index (χ2v) is 3.92. The number of rotatable bonds is 6. The summed E-state index contributed by atoms with van der Waals surface area (Å²) in [4.78, 5) is 0. The topological polar surface area (TPSA) is 38.7 Å². The Morgan fingerprint density at radius 1 is 1.29 bits per heavy atom. The molecule has 1 atom stereocenters. The first kappa shape index (κ1) is 13.6.